The number of anilines is 1. The van der Waals surface area contributed by atoms with Crippen molar-refractivity contribution in [3.8, 4) is 0 Å². The molecule has 222 valence electrons. The average Bonchev–Trinajstić information content (AvgIpc) is 3.14. The standard InChI is InChI=1S/C23H38ClN4O9PS/c1-14(2)36-18(30)15(3)27-38(33,34-9-10-39-20(31)22(4,5)13-29)35-12-16-11-23(6,24)19(37-16)28-8-7-17(25)26-21(28)32/h7-8,14-16,19,29H,9-13H2,1-6H3,(H,27,33)(H2,25,26,32)/t15-,16+,19-,23-,38-/m1/s1. The zero-order chi connectivity index (χ0) is 29.6. The largest absolute Gasteiger partial charge is 0.462 e. The quantitative estimate of drug-likeness (QED) is 0.121. The third kappa shape index (κ3) is 9.82. The van der Waals surface area contributed by atoms with Crippen LogP contribution in [-0.2, 0) is 32.7 Å². The molecule has 0 aromatic carbocycles. The van der Waals surface area contributed by atoms with Crippen molar-refractivity contribution in [2.45, 2.75) is 77.3 Å². The van der Waals surface area contributed by atoms with Crippen molar-refractivity contribution >= 4 is 48.0 Å². The third-order valence-corrected chi connectivity index (χ3v) is 8.82. The van der Waals surface area contributed by atoms with E-state index in [0.717, 1.165) is 11.8 Å². The molecule has 2 heterocycles. The molecule has 2 rings (SSSR count). The van der Waals surface area contributed by atoms with E-state index in [1.165, 1.54) is 23.8 Å². The van der Waals surface area contributed by atoms with Crippen molar-refractivity contribution in [2.75, 3.05) is 31.3 Å². The third-order valence-electron chi connectivity index (χ3n) is 5.58. The minimum Gasteiger partial charge on any atom is -0.462 e. The lowest BCUT2D eigenvalue weighted by Gasteiger charge is -2.25. The summed E-state index contributed by atoms with van der Waals surface area (Å²) in [6.07, 6.45) is -0.342. The van der Waals surface area contributed by atoms with Crippen molar-refractivity contribution in [2.24, 2.45) is 5.41 Å². The Morgan fingerprint density at radius 2 is 2.08 bits per heavy atom. The Morgan fingerprint density at radius 1 is 1.41 bits per heavy atom. The molecule has 1 aromatic heterocycles. The molecule has 0 amide bonds. The number of aromatic nitrogens is 2. The summed E-state index contributed by atoms with van der Waals surface area (Å²) in [6.45, 7) is 8.96. The number of aliphatic hydroxyl groups is 1. The number of nitrogens with zero attached hydrogens (tertiary/aromatic N) is 2. The molecular formula is C23H38ClN4O9PS. The normalized spacial score (nSPS) is 23.9. The van der Waals surface area contributed by atoms with Crippen LogP contribution in [0.25, 0.3) is 0 Å². The lowest BCUT2D eigenvalue weighted by molar-refractivity contribution is -0.149. The van der Waals surface area contributed by atoms with Gasteiger partial charge in [-0.1, -0.05) is 11.8 Å². The van der Waals surface area contributed by atoms with Crippen LogP contribution in [0.2, 0.25) is 0 Å². The van der Waals surface area contributed by atoms with Gasteiger partial charge >= 0.3 is 19.4 Å². The first kappa shape index (κ1) is 33.7. The molecule has 0 radical (unpaired) electrons. The maximum absolute atomic E-state index is 13.6. The number of hydrogen-bond acceptors (Lipinski definition) is 12. The van der Waals surface area contributed by atoms with E-state index in [9.17, 15) is 24.1 Å². The Bertz CT molecular complexity index is 1120. The highest BCUT2D eigenvalue weighted by Gasteiger charge is 2.46. The van der Waals surface area contributed by atoms with E-state index < -0.39 is 54.2 Å². The smallest absolute Gasteiger partial charge is 0.406 e. The Morgan fingerprint density at radius 3 is 2.67 bits per heavy atom. The van der Waals surface area contributed by atoms with Gasteiger partial charge in [0.25, 0.3) is 0 Å². The summed E-state index contributed by atoms with van der Waals surface area (Å²) >= 11 is 7.57. The molecule has 1 fully saturated rings. The lowest BCUT2D eigenvalue weighted by Crippen LogP contribution is -2.36. The van der Waals surface area contributed by atoms with Gasteiger partial charge in [0.15, 0.2) is 11.3 Å². The summed E-state index contributed by atoms with van der Waals surface area (Å²) in [6, 6.07) is 0.395. The van der Waals surface area contributed by atoms with Gasteiger partial charge in [0.1, 0.15) is 11.9 Å². The maximum atomic E-state index is 13.6. The fourth-order valence-corrected chi connectivity index (χ4v) is 6.20. The van der Waals surface area contributed by atoms with E-state index in [0.29, 0.717) is 0 Å². The molecule has 1 aliphatic heterocycles. The van der Waals surface area contributed by atoms with Crippen LogP contribution in [0, 0.1) is 5.41 Å². The van der Waals surface area contributed by atoms with Crippen molar-refractivity contribution in [3.63, 3.8) is 0 Å². The number of thioether (sulfide) groups is 1. The van der Waals surface area contributed by atoms with Crippen molar-refractivity contribution in [1.82, 2.24) is 14.6 Å². The lowest BCUT2D eigenvalue weighted by atomic mass is 9.97. The average molecular weight is 613 g/mol. The number of ether oxygens (including phenoxy) is 2. The van der Waals surface area contributed by atoms with E-state index in [4.69, 9.17) is 35.9 Å². The Labute approximate surface area is 237 Å². The van der Waals surface area contributed by atoms with Crippen molar-refractivity contribution in [3.05, 3.63) is 22.7 Å². The second-order valence-corrected chi connectivity index (χ2v) is 14.0. The molecule has 0 spiro atoms. The number of nitrogens with two attached hydrogens (primary N) is 1. The van der Waals surface area contributed by atoms with E-state index in [1.54, 1.807) is 34.6 Å². The molecule has 0 aliphatic carbocycles. The number of nitrogen functional groups attached to an aromatic ring is 1. The first-order valence-corrected chi connectivity index (χ1v) is 15.2. The van der Waals surface area contributed by atoms with Crippen LogP contribution in [0.4, 0.5) is 5.82 Å². The summed E-state index contributed by atoms with van der Waals surface area (Å²) in [5.41, 5.74) is 3.98. The van der Waals surface area contributed by atoms with E-state index in [1.807, 2.05) is 0 Å². The van der Waals surface area contributed by atoms with Crippen LogP contribution in [0.15, 0.2) is 17.1 Å². The Hall–Kier alpha value is -1.51. The number of carbonyl (C=O) groups excluding carboxylic acids is 2. The van der Waals surface area contributed by atoms with Gasteiger partial charge in [0.05, 0.1) is 42.3 Å². The topological polar surface area (TPSA) is 181 Å². The number of alkyl halides is 1. The van der Waals surface area contributed by atoms with Gasteiger partial charge in [-0.15, -0.1) is 11.6 Å². The first-order valence-electron chi connectivity index (χ1n) is 12.3. The van der Waals surface area contributed by atoms with Gasteiger partial charge in [-0.2, -0.15) is 4.98 Å². The summed E-state index contributed by atoms with van der Waals surface area (Å²) in [7, 11) is -4.13. The van der Waals surface area contributed by atoms with Gasteiger partial charge in [-0.25, -0.2) is 14.4 Å². The van der Waals surface area contributed by atoms with Gasteiger partial charge in [0.2, 0.25) is 0 Å². The molecule has 39 heavy (non-hydrogen) atoms. The molecule has 0 unspecified atom stereocenters. The predicted octanol–water partition coefficient (Wildman–Crippen LogP) is 2.46. The summed E-state index contributed by atoms with van der Waals surface area (Å²) < 4.78 is 37.1. The van der Waals surface area contributed by atoms with Crippen LogP contribution >= 0.6 is 31.1 Å². The summed E-state index contributed by atoms with van der Waals surface area (Å²) in [5.74, 6) is -0.483. The van der Waals surface area contributed by atoms with E-state index >= 15 is 0 Å². The molecule has 13 nitrogen and oxygen atoms in total. The molecular weight excluding hydrogens is 575 g/mol. The number of rotatable bonds is 14. The first-order chi connectivity index (χ1) is 18.0. The summed E-state index contributed by atoms with van der Waals surface area (Å²) in [5, 5.41) is 11.7. The van der Waals surface area contributed by atoms with Gasteiger partial charge in [-0.3, -0.25) is 23.2 Å². The minimum absolute atomic E-state index is 0.0551. The van der Waals surface area contributed by atoms with Gasteiger partial charge in [0, 0.05) is 11.9 Å². The highest BCUT2D eigenvalue weighted by molar-refractivity contribution is 8.13. The molecule has 0 bridgehead atoms. The van der Waals surface area contributed by atoms with Gasteiger partial charge in [-0.05, 0) is 54.0 Å². The highest BCUT2D eigenvalue weighted by atomic mass is 35.5. The zero-order valence-corrected chi connectivity index (χ0v) is 25.4. The fraction of sp³-hybridized carbons (Fsp3) is 0.739. The summed E-state index contributed by atoms with van der Waals surface area (Å²) in [4.78, 5) is 39.5. The minimum atomic E-state index is -4.13. The second-order valence-electron chi connectivity index (χ2n) is 10.3. The maximum Gasteiger partial charge on any atom is 0.406 e. The Balaban J connectivity index is 2.10. The number of nitrogens with one attached hydrogen (secondary N) is 1. The molecule has 0 saturated carbocycles. The fourth-order valence-electron chi connectivity index (χ4n) is 3.45. The van der Waals surface area contributed by atoms with Crippen molar-refractivity contribution in [1.29, 1.82) is 0 Å². The van der Waals surface area contributed by atoms with Crippen LogP contribution in [0.1, 0.15) is 54.2 Å². The number of esters is 1. The van der Waals surface area contributed by atoms with Crippen molar-refractivity contribution < 1.29 is 37.8 Å². The highest BCUT2D eigenvalue weighted by Crippen LogP contribution is 2.48. The Kier molecular flexibility index (Phi) is 12.0. The number of aliphatic hydroxyl groups excluding tert-OH is 1. The van der Waals surface area contributed by atoms with E-state index in [-0.39, 0.29) is 42.9 Å². The zero-order valence-electron chi connectivity index (χ0n) is 22.9. The van der Waals surface area contributed by atoms with Crippen LogP contribution in [-0.4, -0.2) is 74.4 Å². The van der Waals surface area contributed by atoms with E-state index in [2.05, 4.69) is 10.1 Å². The predicted molar refractivity (Wildman–Crippen MR) is 147 cm³/mol. The second kappa shape index (κ2) is 13.9. The molecule has 4 N–H and O–H groups in total. The molecule has 16 heteroatoms. The monoisotopic (exact) mass is 612 g/mol. The molecule has 5 atom stereocenters. The van der Waals surface area contributed by atoms with Crippen LogP contribution in [0.5, 0.6) is 0 Å². The van der Waals surface area contributed by atoms with Gasteiger partial charge < -0.3 is 20.3 Å². The number of halogens is 1. The molecule has 1 saturated heterocycles. The number of carbonyl (C=O) groups is 2. The van der Waals surface area contributed by atoms with Crippen LogP contribution in [0.3, 0.4) is 0 Å². The SMILES string of the molecule is CC(C)OC(=O)[C@@H](C)N[P@@](=O)(OCCSC(=O)C(C)(C)CO)OC[C@@H]1C[C@@](C)(Cl)[C@H](n2ccc(N)nc2=O)O1. The number of hydrogen-bond donors (Lipinski definition) is 3. The van der Waals surface area contributed by atoms with Crippen LogP contribution < -0.4 is 16.5 Å². The molecule has 1 aliphatic rings. The molecule has 1 aromatic rings.